The molecule has 5 aromatic heterocycles. The van der Waals surface area contributed by atoms with E-state index in [0.717, 1.165) is 34.4 Å². The Morgan fingerprint density at radius 2 is 1.97 bits per heavy atom. The van der Waals surface area contributed by atoms with Crippen molar-refractivity contribution in [1.82, 2.24) is 39.1 Å². The van der Waals surface area contributed by atoms with Crippen molar-refractivity contribution in [3.05, 3.63) is 73.0 Å². The first kappa shape index (κ1) is 19.6. The smallest absolute Gasteiger partial charge is 0.242 e. The first-order chi connectivity index (χ1) is 16.2. The molecule has 0 amide bonds. The molecule has 0 bridgehead atoms. The van der Waals surface area contributed by atoms with Gasteiger partial charge >= 0.3 is 0 Å². The van der Waals surface area contributed by atoms with Crippen LogP contribution in [-0.4, -0.2) is 58.4 Å². The van der Waals surface area contributed by atoms with E-state index in [1.54, 1.807) is 17.1 Å². The average molecular weight is 442 g/mol. The first-order valence-electron chi connectivity index (χ1n) is 10.8. The second-order valence-corrected chi connectivity index (χ2v) is 8.02. The minimum atomic E-state index is -0.0253. The Balaban J connectivity index is 1.37. The summed E-state index contributed by atoms with van der Waals surface area (Å²) >= 11 is 0. The Kier molecular flexibility index (Phi) is 4.84. The number of ether oxygens (including phenoxy) is 2. The minimum Gasteiger partial charge on any atom is -0.470 e. The monoisotopic (exact) mass is 442 g/mol. The van der Waals surface area contributed by atoms with Gasteiger partial charge in [0.15, 0.2) is 0 Å². The van der Waals surface area contributed by atoms with E-state index in [1.807, 2.05) is 65.5 Å². The molecule has 1 aliphatic rings. The number of rotatable bonds is 6. The first-order valence-corrected chi connectivity index (χ1v) is 10.8. The molecule has 0 radical (unpaired) electrons. The van der Waals surface area contributed by atoms with Gasteiger partial charge < -0.3 is 14.0 Å². The fraction of sp³-hybridized carbons (Fsp3) is 0.261. The van der Waals surface area contributed by atoms with Crippen LogP contribution in [0.15, 0.2) is 61.6 Å². The maximum Gasteiger partial charge on any atom is 0.242 e. The van der Waals surface area contributed by atoms with Gasteiger partial charge in [-0.05, 0) is 23.8 Å². The normalized spacial score (nSPS) is 16.0. The van der Waals surface area contributed by atoms with Crippen LogP contribution in [0.25, 0.3) is 22.4 Å². The highest BCUT2D eigenvalue weighted by Gasteiger charge is 2.22. The molecule has 1 aliphatic heterocycles. The average Bonchev–Trinajstić information content (AvgIpc) is 3.62. The van der Waals surface area contributed by atoms with Crippen molar-refractivity contribution in [3.8, 4) is 17.3 Å². The molecular formula is C23H22N8O2. The summed E-state index contributed by atoms with van der Waals surface area (Å²) in [5.41, 5.74) is 4.53. The van der Waals surface area contributed by atoms with Crippen molar-refractivity contribution in [3.63, 3.8) is 0 Å². The van der Waals surface area contributed by atoms with E-state index in [1.165, 1.54) is 0 Å². The lowest BCUT2D eigenvalue weighted by molar-refractivity contribution is 0.139. The van der Waals surface area contributed by atoms with E-state index >= 15 is 0 Å². The topological polar surface area (TPSA) is 97.7 Å². The van der Waals surface area contributed by atoms with Crippen molar-refractivity contribution in [1.29, 1.82) is 0 Å². The molecule has 1 saturated heterocycles. The zero-order chi connectivity index (χ0) is 22.2. The Morgan fingerprint density at radius 3 is 2.76 bits per heavy atom. The second-order valence-electron chi connectivity index (χ2n) is 8.02. The number of aryl methyl sites for hydroxylation is 1. The van der Waals surface area contributed by atoms with Crippen molar-refractivity contribution < 1.29 is 9.47 Å². The van der Waals surface area contributed by atoms with E-state index in [-0.39, 0.29) is 6.10 Å². The van der Waals surface area contributed by atoms with Crippen LogP contribution in [0, 0.1) is 0 Å². The molecule has 0 aliphatic carbocycles. The third-order valence-electron chi connectivity index (χ3n) is 5.61. The van der Waals surface area contributed by atoms with Crippen molar-refractivity contribution >= 4 is 11.0 Å². The molecule has 10 heteroatoms. The quantitative estimate of drug-likeness (QED) is 0.398. The Labute approximate surface area is 189 Å². The van der Waals surface area contributed by atoms with Crippen molar-refractivity contribution in [2.75, 3.05) is 13.2 Å². The molecule has 1 fully saturated rings. The summed E-state index contributed by atoms with van der Waals surface area (Å²) < 4.78 is 17.4. The summed E-state index contributed by atoms with van der Waals surface area (Å²) in [5, 5.41) is 8.76. The van der Waals surface area contributed by atoms with Gasteiger partial charge in [-0.25, -0.2) is 9.67 Å². The molecule has 5 aromatic rings. The number of aromatic nitrogens is 8. The van der Waals surface area contributed by atoms with Gasteiger partial charge in [-0.15, -0.1) is 0 Å². The lowest BCUT2D eigenvalue weighted by Gasteiger charge is -2.14. The van der Waals surface area contributed by atoms with Crippen LogP contribution in [0.1, 0.15) is 17.8 Å². The van der Waals surface area contributed by atoms with Crippen molar-refractivity contribution in [2.45, 2.75) is 18.9 Å². The minimum absolute atomic E-state index is 0.0253. The van der Waals surface area contributed by atoms with Crippen LogP contribution in [-0.2, 0) is 18.2 Å². The maximum absolute atomic E-state index is 6.32. The number of hydrogen-bond donors (Lipinski definition) is 0. The van der Waals surface area contributed by atoms with Crippen LogP contribution in [0.3, 0.4) is 0 Å². The maximum atomic E-state index is 6.32. The largest absolute Gasteiger partial charge is 0.470 e. The third kappa shape index (κ3) is 3.85. The number of pyridine rings is 1. The Morgan fingerprint density at radius 1 is 1.06 bits per heavy atom. The molecule has 10 nitrogen and oxygen atoms in total. The van der Waals surface area contributed by atoms with Gasteiger partial charge in [0.05, 0.1) is 42.5 Å². The summed E-state index contributed by atoms with van der Waals surface area (Å²) in [4.78, 5) is 13.7. The molecule has 0 saturated carbocycles. The highest BCUT2D eigenvalue weighted by atomic mass is 16.5. The van der Waals surface area contributed by atoms with E-state index in [0.29, 0.717) is 31.3 Å². The van der Waals surface area contributed by atoms with Gasteiger partial charge in [-0.3, -0.25) is 9.67 Å². The fourth-order valence-corrected chi connectivity index (χ4v) is 4.00. The predicted molar refractivity (Wildman–Crippen MR) is 120 cm³/mol. The van der Waals surface area contributed by atoms with Crippen LogP contribution < -0.4 is 4.74 Å². The molecule has 6 rings (SSSR count). The van der Waals surface area contributed by atoms with Crippen LogP contribution in [0.2, 0.25) is 0 Å². The number of hydrogen-bond acceptors (Lipinski definition) is 7. The van der Waals surface area contributed by atoms with Crippen LogP contribution >= 0.6 is 0 Å². The van der Waals surface area contributed by atoms with Gasteiger partial charge in [0.2, 0.25) is 5.88 Å². The molecule has 33 heavy (non-hydrogen) atoms. The SMILES string of the molecule is Cn1cc(-n2ccc3nc(Cc4cnn(-c5ccncc5)c4)nc(O[C@H]4CCOC4)c32)cn1. The molecule has 166 valence electrons. The Bertz CT molecular complexity index is 1400. The lowest BCUT2D eigenvalue weighted by atomic mass is 10.2. The van der Waals surface area contributed by atoms with Crippen LogP contribution in [0.5, 0.6) is 5.88 Å². The standard InChI is InChI=1S/C23H22N8O2/c1-29-14-18(12-25-29)30-8-4-20-22(30)23(33-19-5-9-32-15-19)28-21(27-20)10-16-11-26-31(13-16)17-2-6-24-7-3-17/h2-4,6-8,11-14,19H,5,9-10,15H2,1H3/t19-/m0/s1. The molecule has 0 unspecified atom stereocenters. The van der Waals surface area contributed by atoms with Gasteiger partial charge in [0, 0.05) is 50.9 Å². The van der Waals surface area contributed by atoms with Crippen molar-refractivity contribution in [2.24, 2.45) is 7.05 Å². The van der Waals surface area contributed by atoms with Gasteiger partial charge in [0.25, 0.3) is 0 Å². The summed E-state index contributed by atoms with van der Waals surface area (Å²) in [5.74, 6) is 1.23. The van der Waals surface area contributed by atoms with Gasteiger partial charge in [-0.2, -0.15) is 15.2 Å². The van der Waals surface area contributed by atoms with E-state index in [9.17, 15) is 0 Å². The summed E-state index contributed by atoms with van der Waals surface area (Å²) in [7, 11) is 1.89. The summed E-state index contributed by atoms with van der Waals surface area (Å²) in [6, 6.07) is 5.80. The second kappa shape index (κ2) is 8.14. The molecule has 6 heterocycles. The highest BCUT2D eigenvalue weighted by molar-refractivity contribution is 5.82. The molecule has 1 atom stereocenters. The highest BCUT2D eigenvalue weighted by Crippen LogP contribution is 2.29. The van der Waals surface area contributed by atoms with Gasteiger partial charge in [-0.1, -0.05) is 0 Å². The molecule has 0 aromatic carbocycles. The van der Waals surface area contributed by atoms with Gasteiger partial charge in [0.1, 0.15) is 17.4 Å². The van der Waals surface area contributed by atoms with Crippen LogP contribution in [0.4, 0.5) is 0 Å². The number of fused-ring (bicyclic) bond motifs is 1. The third-order valence-corrected chi connectivity index (χ3v) is 5.61. The zero-order valence-corrected chi connectivity index (χ0v) is 18.1. The number of nitrogens with zero attached hydrogens (tertiary/aromatic N) is 8. The molecular weight excluding hydrogens is 420 g/mol. The lowest BCUT2D eigenvalue weighted by Crippen LogP contribution is -2.18. The van der Waals surface area contributed by atoms with E-state index in [2.05, 4.69) is 15.2 Å². The molecule has 0 spiro atoms. The fourth-order valence-electron chi connectivity index (χ4n) is 4.00. The molecule has 0 N–H and O–H groups in total. The zero-order valence-electron chi connectivity index (χ0n) is 18.1. The summed E-state index contributed by atoms with van der Waals surface area (Å²) in [6.45, 7) is 1.26. The van der Waals surface area contributed by atoms with E-state index in [4.69, 9.17) is 19.4 Å². The van der Waals surface area contributed by atoms with E-state index < -0.39 is 0 Å². The predicted octanol–water partition coefficient (Wildman–Crippen LogP) is 2.49. The Hall–Kier alpha value is -4.05. The summed E-state index contributed by atoms with van der Waals surface area (Å²) in [6.07, 6.45) is 14.4.